The van der Waals surface area contributed by atoms with E-state index < -0.39 is 0 Å². The van der Waals surface area contributed by atoms with Gasteiger partial charge in [-0.05, 0) is 56.1 Å². The Morgan fingerprint density at radius 3 is 2.33 bits per heavy atom. The summed E-state index contributed by atoms with van der Waals surface area (Å²) in [6.07, 6.45) is 2.35. The van der Waals surface area contributed by atoms with Crippen LogP contribution in [0.5, 0.6) is 0 Å². The molecular weight excluding hydrogens is 271 g/mol. The summed E-state index contributed by atoms with van der Waals surface area (Å²) < 4.78 is 13.0. The highest BCUT2D eigenvalue weighted by Crippen LogP contribution is 2.28. The van der Waals surface area contributed by atoms with Gasteiger partial charge in [-0.15, -0.1) is 0 Å². The van der Waals surface area contributed by atoms with Crippen molar-refractivity contribution in [1.29, 1.82) is 0 Å². The Labute approximate surface area is 123 Å². The minimum Gasteiger partial charge on any atom is -0.292 e. The summed E-state index contributed by atoms with van der Waals surface area (Å²) in [7, 11) is 0. The van der Waals surface area contributed by atoms with Crippen molar-refractivity contribution >= 4 is 17.5 Å². The Hall–Kier alpha value is -1.75. The van der Waals surface area contributed by atoms with Gasteiger partial charge in [0.15, 0.2) is 0 Å². The van der Waals surface area contributed by atoms with Crippen molar-refractivity contribution < 1.29 is 14.0 Å². The molecule has 4 nitrogen and oxygen atoms in total. The summed E-state index contributed by atoms with van der Waals surface area (Å²) in [4.78, 5) is 28.0. The fourth-order valence-electron chi connectivity index (χ4n) is 3.10. The molecule has 0 saturated carbocycles. The molecule has 0 radical (unpaired) electrons. The van der Waals surface area contributed by atoms with Crippen LogP contribution in [0, 0.1) is 11.7 Å². The zero-order chi connectivity index (χ0) is 15.0. The number of benzene rings is 1. The lowest BCUT2D eigenvalue weighted by Crippen LogP contribution is -2.45. The first-order valence-electron chi connectivity index (χ1n) is 7.42. The van der Waals surface area contributed by atoms with Gasteiger partial charge in [0.1, 0.15) is 5.82 Å². The summed E-state index contributed by atoms with van der Waals surface area (Å²) in [5.74, 6) is -0.0718. The molecule has 2 heterocycles. The van der Waals surface area contributed by atoms with Crippen molar-refractivity contribution in [3.8, 4) is 0 Å². The number of hydrogen-bond donors (Lipinski definition) is 0. The van der Waals surface area contributed by atoms with Crippen LogP contribution in [-0.2, 0) is 9.59 Å². The molecule has 1 aromatic rings. The Morgan fingerprint density at radius 1 is 1.10 bits per heavy atom. The molecule has 2 aliphatic rings. The van der Waals surface area contributed by atoms with Gasteiger partial charge >= 0.3 is 0 Å². The van der Waals surface area contributed by atoms with Crippen molar-refractivity contribution in [3.63, 3.8) is 0 Å². The van der Waals surface area contributed by atoms with E-state index in [1.807, 2.05) is 0 Å². The number of imide groups is 1. The van der Waals surface area contributed by atoms with Crippen LogP contribution in [0.2, 0.25) is 0 Å². The first kappa shape index (κ1) is 14.2. The van der Waals surface area contributed by atoms with Crippen LogP contribution in [0.1, 0.15) is 26.2 Å². The number of rotatable bonds is 2. The predicted octanol–water partition coefficient (Wildman–Crippen LogP) is 2.19. The lowest BCUT2D eigenvalue weighted by Gasteiger charge is -2.33. The van der Waals surface area contributed by atoms with Gasteiger partial charge in [0.25, 0.3) is 5.91 Å². The smallest absolute Gasteiger partial charge is 0.251 e. The molecule has 21 heavy (non-hydrogen) atoms. The van der Waals surface area contributed by atoms with E-state index in [2.05, 4.69) is 11.8 Å². The first-order valence-corrected chi connectivity index (χ1v) is 7.42. The number of likely N-dealkylation sites (tertiary alicyclic amines) is 1. The molecule has 0 aromatic heterocycles. The third kappa shape index (κ3) is 2.70. The van der Waals surface area contributed by atoms with Crippen molar-refractivity contribution in [2.24, 2.45) is 5.92 Å². The van der Waals surface area contributed by atoms with Gasteiger partial charge in [-0.25, -0.2) is 9.29 Å². The summed E-state index contributed by atoms with van der Waals surface area (Å²) in [6, 6.07) is 5.14. The third-order valence-electron chi connectivity index (χ3n) is 4.47. The van der Waals surface area contributed by atoms with E-state index in [-0.39, 0.29) is 30.1 Å². The predicted molar refractivity (Wildman–Crippen MR) is 77.3 cm³/mol. The van der Waals surface area contributed by atoms with E-state index in [9.17, 15) is 14.0 Å². The summed E-state index contributed by atoms with van der Waals surface area (Å²) >= 11 is 0. The van der Waals surface area contributed by atoms with Crippen LogP contribution in [0.15, 0.2) is 24.3 Å². The second kappa shape index (κ2) is 5.56. The highest BCUT2D eigenvalue weighted by molar-refractivity contribution is 6.22. The molecule has 2 fully saturated rings. The minimum atomic E-state index is -0.376. The van der Waals surface area contributed by atoms with Crippen molar-refractivity contribution in [2.75, 3.05) is 18.0 Å². The van der Waals surface area contributed by atoms with Crippen LogP contribution < -0.4 is 4.90 Å². The molecule has 0 aliphatic carbocycles. The number of carbonyl (C=O) groups excluding carboxylic acids is 2. The monoisotopic (exact) mass is 290 g/mol. The minimum absolute atomic E-state index is 0.179. The number of carbonyl (C=O) groups is 2. The lowest BCUT2D eigenvalue weighted by atomic mass is 9.97. The Morgan fingerprint density at radius 2 is 1.71 bits per heavy atom. The van der Waals surface area contributed by atoms with Crippen LogP contribution in [0.25, 0.3) is 0 Å². The Balaban J connectivity index is 1.77. The molecule has 2 aliphatic heterocycles. The van der Waals surface area contributed by atoms with Gasteiger partial charge in [-0.2, -0.15) is 0 Å². The molecule has 1 aromatic carbocycles. The maximum Gasteiger partial charge on any atom is 0.251 e. The first-order chi connectivity index (χ1) is 10.1. The number of piperidine rings is 1. The topological polar surface area (TPSA) is 40.6 Å². The van der Waals surface area contributed by atoms with Gasteiger partial charge in [0.05, 0.1) is 18.2 Å². The molecule has 1 atom stereocenters. The molecule has 2 amide bonds. The molecule has 5 heteroatoms. The zero-order valence-electron chi connectivity index (χ0n) is 12.1. The second-order valence-corrected chi connectivity index (χ2v) is 5.98. The standard InChI is InChI=1S/C16H19FN2O2/c1-11-6-8-18(9-7-11)14-10-15(20)19(16(14)21)13-4-2-12(17)3-5-13/h2-5,11,14H,6-10H2,1H3/t14-/m0/s1. The molecule has 0 bridgehead atoms. The Kier molecular flexibility index (Phi) is 3.76. The van der Waals surface area contributed by atoms with E-state index in [1.54, 1.807) is 0 Å². The van der Waals surface area contributed by atoms with Gasteiger partial charge in [0.2, 0.25) is 5.91 Å². The normalized spacial score (nSPS) is 24.9. The Bertz CT molecular complexity index is 550. The molecule has 112 valence electrons. The number of hydrogen-bond acceptors (Lipinski definition) is 3. The van der Waals surface area contributed by atoms with Crippen LogP contribution in [0.4, 0.5) is 10.1 Å². The average molecular weight is 290 g/mol. The summed E-state index contributed by atoms with van der Waals surface area (Å²) in [6.45, 7) is 3.94. The van der Waals surface area contributed by atoms with Crippen molar-refractivity contribution in [1.82, 2.24) is 4.90 Å². The van der Waals surface area contributed by atoms with Gasteiger partial charge in [0, 0.05) is 0 Å². The van der Waals surface area contributed by atoms with E-state index >= 15 is 0 Å². The number of nitrogens with zero attached hydrogens (tertiary/aromatic N) is 2. The van der Waals surface area contributed by atoms with Gasteiger partial charge in [-0.1, -0.05) is 6.92 Å². The summed E-state index contributed by atoms with van der Waals surface area (Å²) in [5.41, 5.74) is 0.458. The molecule has 2 saturated heterocycles. The quantitative estimate of drug-likeness (QED) is 0.784. The molecule has 0 spiro atoms. The second-order valence-electron chi connectivity index (χ2n) is 5.98. The van der Waals surface area contributed by atoms with Crippen LogP contribution in [-0.4, -0.2) is 35.8 Å². The molecule has 3 rings (SSSR count). The lowest BCUT2D eigenvalue weighted by molar-refractivity contribution is -0.123. The average Bonchev–Trinajstić information content (AvgIpc) is 2.76. The van der Waals surface area contributed by atoms with Crippen molar-refractivity contribution in [2.45, 2.75) is 32.2 Å². The largest absolute Gasteiger partial charge is 0.292 e. The van der Waals surface area contributed by atoms with E-state index in [0.29, 0.717) is 11.6 Å². The maximum atomic E-state index is 13.0. The SMILES string of the molecule is CC1CCN([C@H]2CC(=O)N(c3ccc(F)cc3)C2=O)CC1. The highest BCUT2D eigenvalue weighted by atomic mass is 19.1. The fourth-order valence-corrected chi connectivity index (χ4v) is 3.10. The molecule has 0 unspecified atom stereocenters. The van der Waals surface area contributed by atoms with Crippen molar-refractivity contribution in [3.05, 3.63) is 30.1 Å². The van der Waals surface area contributed by atoms with Gasteiger partial charge in [-0.3, -0.25) is 14.5 Å². The van der Waals surface area contributed by atoms with E-state index in [4.69, 9.17) is 0 Å². The van der Waals surface area contributed by atoms with E-state index in [0.717, 1.165) is 25.9 Å². The fraction of sp³-hybridized carbons (Fsp3) is 0.500. The van der Waals surface area contributed by atoms with Gasteiger partial charge < -0.3 is 0 Å². The molecular formula is C16H19FN2O2. The zero-order valence-corrected chi connectivity index (χ0v) is 12.1. The van der Waals surface area contributed by atoms with E-state index in [1.165, 1.54) is 29.2 Å². The highest BCUT2D eigenvalue weighted by Gasteiger charge is 2.43. The summed E-state index contributed by atoms with van der Waals surface area (Å²) in [5, 5.41) is 0. The third-order valence-corrected chi connectivity index (χ3v) is 4.47. The number of amides is 2. The molecule has 0 N–H and O–H groups in total. The number of halogens is 1. The number of anilines is 1. The maximum absolute atomic E-state index is 13.0. The van der Waals surface area contributed by atoms with Crippen LogP contribution >= 0.6 is 0 Å². The van der Waals surface area contributed by atoms with Crippen LogP contribution in [0.3, 0.4) is 0 Å².